The van der Waals surface area contributed by atoms with Crippen LogP contribution in [-0.2, 0) is 0 Å². The molecule has 3 N–H and O–H groups in total. The number of aliphatic hydroxyl groups is 1. The SMILES string of the molecule is C=C(N)C1=C(N=C(C)C)N([C@H]2C=C[C@@H](O)C2)CC1C#N. The Labute approximate surface area is 119 Å². The van der Waals surface area contributed by atoms with Gasteiger partial charge in [0.05, 0.1) is 24.1 Å². The first-order valence-electron chi connectivity index (χ1n) is 6.67. The van der Waals surface area contributed by atoms with Gasteiger partial charge in [0.15, 0.2) is 0 Å². The maximum atomic E-state index is 9.65. The first-order valence-corrected chi connectivity index (χ1v) is 6.67. The topological polar surface area (TPSA) is 85.6 Å². The third-order valence-corrected chi connectivity index (χ3v) is 3.51. The third kappa shape index (κ3) is 2.61. The maximum absolute atomic E-state index is 9.65. The lowest BCUT2D eigenvalue weighted by Crippen LogP contribution is -2.32. The lowest BCUT2D eigenvalue weighted by atomic mass is 10.0. The van der Waals surface area contributed by atoms with Crippen LogP contribution in [-0.4, -0.2) is 34.4 Å². The minimum Gasteiger partial charge on any atom is -0.399 e. The second-order valence-corrected chi connectivity index (χ2v) is 5.41. The second kappa shape index (κ2) is 5.51. The Morgan fingerprint density at radius 1 is 1.55 bits per heavy atom. The van der Waals surface area contributed by atoms with Gasteiger partial charge in [-0.3, -0.25) is 0 Å². The maximum Gasteiger partial charge on any atom is 0.135 e. The van der Waals surface area contributed by atoms with Crippen LogP contribution in [0.25, 0.3) is 0 Å². The largest absolute Gasteiger partial charge is 0.399 e. The van der Waals surface area contributed by atoms with Crippen molar-refractivity contribution in [1.82, 2.24) is 4.90 Å². The Balaban J connectivity index is 2.43. The van der Waals surface area contributed by atoms with E-state index < -0.39 is 6.10 Å². The van der Waals surface area contributed by atoms with Crippen LogP contribution >= 0.6 is 0 Å². The zero-order valence-electron chi connectivity index (χ0n) is 11.9. The van der Waals surface area contributed by atoms with Crippen molar-refractivity contribution in [3.8, 4) is 6.07 Å². The van der Waals surface area contributed by atoms with Gasteiger partial charge in [-0.1, -0.05) is 18.7 Å². The second-order valence-electron chi connectivity index (χ2n) is 5.41. The number of rotatable bonds is 3. The Morgan fingerprint density at radius 2 is 2.25 bits per heavy atom. The number of nitrogens with zero attached hydrogens (tertiary/aromatic N) is 3. The Bertz CT molecular complexity index is 549. The van der Waals surface area contributed by atoms with Gasteiger partial charge < -0.3 is 15.7 Å². The van der Waals surface area contributed by atoms with Crippen LogP contribution < -0.4 is 5.73 Å². The van der Waals surface area contributed by atoms with E-state index in [2.05, 4.69) is 17.6 Å². The summed E-state index contributed by atoms with van der Waals surface area (Å²) >= 11 is 0. The van der Waals surface area contributed by atoms with Crippen LogP contribution in [0, 0.1) is 17.2 Å². The van der Waals surface area contributed by atoms with E-state index in [1.807, 2.05) is 24.8 Å². The van der Waals surface area contributed by atoms with E-state index in [1.165, 1.54) is 0 Å². The molecular weight excluding hydrogens is 252 g/mol. The summed E-state index contributed by atoms with van der Waals surface area (Å²) in [4.78, 5) is 6.59. The molecule has 1 heterocycles. The highest BCUT2D eigenvalue weighted by molar-refractivity contribution is 5.80. The molecule has 0 radical (unpaired) electrons. The van der Waals surface area contributed by atoms with Crippen LogP contribution in [0.4, 0.5) is 0 Å². The van der Waals surface area contributed by atoms with Crippen LogP contribution in [0.3, 0.4) is 0 Å². The van der Waals surface area contributed by atoms with Gasteiger partial charge in [-0.2, -0.15) is 5.26 Å². The summed E-state index contributed by atoms with van der Waals surface area (Å²) in [6.45, 7) is 8.12. The standard InChI is InChI=1S/C15H20N4O/c1-9(2)18-15-14(10(3)17)11(7-16)8-19(15)12-4-5-13(20)6-12/h4-5,11-13,20H,3,6,8,17H2,1-2H3/t11?,12-,13+/m0/s1. The molecule has 0 saturated carbocycles. The molecule has 0 spiro atoms. The summed E-state index contributed by atoms with van der Waals surface area (Å²) in [7, 11) is 0. The molecule has 106 valence electrons. The average molecular weight is 272 g/mol. The zero-order valence-corrected chi connectivity index (χ0v) is 11.9. The molecule has 1 aliphatic carbocycles. The Hall–Kier alpha value is -2.06. The monoisotopic (exact) mass is 272 g/mol. The molecule has 5 heteroatoms. The van der Waals surface area contributed by atoms with Gasteiger partial charge in [0.1, 0.15) is 5.82 Å². The van der Waals surface area contributed by atoms with E-state index in [4.69, 9.17) is 5.73 Å². The summed E-state index contributed by atoms with van der Waals surface area (Å²) < 4.78 is 0. The third-order valence-electron chi connectivity index (χ3n) is 3.51. The lowest BCUT2D eigenvalue weighted by molar-refractivity contribution is 0.187. The smallest absolute Gasteiger partial charge is 0.135 e. The van der Waals surface area contributed by atoms with Crippen LogP contribution in [0.2, 0.25) is 0 Å². The summed E-state index contributed by atoms with van der Waals surface area (Å²) in [6, 6.07) is 2.32. The number of allylic oxidation sites excluding steroid dienone is 1. The molecule has 0 fully saturated rings. The molecule has 0 aromatic heterocycles. The number of nitriles is 1. The molecule has 1 unspecified atom stereocenters. The fourth-order valence-corrected chi connectivity index (χ4v) is 2.68. The van der Waals surface area contributed by atoms with Gasteiger partial charge in [-0.25, -0.2) is 4.99 Å². The van der Waals surface area contributed by atoms with Crippen LogP contribution in [0.15, 0.2) is 40.8 Å². The summed E-state index contributed by atoms with van der Waals surface area (Å²) in [5.74, 6) is 0.393. The van der Waals surface area contributed by atoms with Gasteiger partial charge in [0, 0.05) is 29.9 Å². The molecule has 2 aliphatic rings. The molecule has 5 nitrogen and oxygen atoms in total. The van der Waals surface area contributed by atoms with Gasteiger partial charge in [-0.05, 0) is 13.8 Å². The molecule has 0 amide bonds. The number of aliphatic imine (C=N–C) groups is 1. The van der Waals surface area contributed by atoms with E-state index in [0.717, 1.165) is 5.71 Å². The average Bonchev–Trinajstić information content (AvgIpc) is 2.92. The molecule has 0 bridgehead atoms. The van der Waals surface area contributed by atoms with Crippen molar-refractivity contribution < 1.29 is 5.11 Å². The highest BCUT2D eigenvalue weighted by Crippen LogP contribution is 2.35. The van der Waals surface area contributed by atoms with E-state index in [1.54, 1.807) is 6.08 Å². The summed E-state index contributed by atoms with van der Waals surface area (Å²) in [5.41, 5.74) is 7.85. The fourth-order valence-electron chi connectivity index (χ4n) is 2.68. The normalized spacial score (nSPS) is 28.7. The van der Waals surface area contributed by atoms with E-state index in [9.17, 15) is 10.4 Å². The van der Waals surface area contributed by atoms with Crippen molar-refractivity contribution >= 4 is 5.71 Å². The van der Waals surface area contributed by atoms with E-state index in [0.29, 0.717) is 30.1 Å². The fraction of sp³-hybridized carbons (Fsp3) is 0.467. The van der Waals surface area contributed by atoms with E-state index >= 15 is 0 Å². The molecule has 0 saturated heterocycles. The number of hydrogen-bond acceptors (Lipinski definition) is 5. The van der Waals surface area contributed by atoms with Crippen molar-refractivity contribution in [1.29, 1.82) is 5.26 Å². The Morgan fingerprint density at radius 3 is 2.70 bits per heavy atom. The highest BCUT2D eigenvalue weighted by Gasteiger charge is 2.37. The minimum atomic E-state index is -0.432. The summed E-state index contributed by atoms with van der Waals surface area (Å²) in [6.07, 6.45) is 3.92. The summed E-state index contributed by atoms with van der Waals surface area (Å²) in [5, 5.41) is 19.0. The molecule has 0 aromatic carbocycles. The quantitative estimate of drug-likeness (QED) is 0.599. The molecule has 20 heavy (non-hydrogen) atoms. The van der Waals surface area contributed by atoms with Crippen molar-refractivity contribution in [2.75, 3.05) is 6.54 Å². The predicted molar refractivity (Wildman–Crippen MR) is 78.5 cm³/mol. The number of hydrogen-bond donors (Lipinski definition) is 2. The minimum absolute atomic E-state index is 0.0517. The zero-order chi connectivity index (χ0) is 14.9. The van der Waals surface area contributed by atoms with Gasteiger partial charge >= 0.3 is 0 Å². The van der Waals surface area contributed by atoms with Crippen LogP contribution in [0.1, 0.15) is 20.3 Å². The molecule has 1 aliphatic heterocycles. The molecule has 3 atom stereocenters. The van der Waals surface area contributed by atoms with Crippen molar-refractivity contribution in [2.24, 2.45) is 16.6 Å². The molecular formula is C15H20N4O. The predicted octanol–water partition coefficient (Wildman–Crippen LogP) is 1.30. The van der Waals surface area contributed by atoms with Gasteiger partial charge in [0.2, 0.25) is 0 Å². The Kier molecular flexibility index (Phi) is 3.96. The number of aliphatic hydroxyl groups excluding tert-OH is 1. The highest BCUT2D eigenvalue weighted by atomic mass is 16.3. The van der Waals surface area contributed by atoms with Gasteiger partial charge in [0.25, 0.3) is 0 Å². The van der Waals surface area contributed by atoms with Gasteiger partial charge in [-0.15, -0.1) is 0 Å². The number of nitrogens with two attached hydrogens (primary N) is 1. The van der Waals surface area contributed by atoms with Crippen molar-refractivity contribution in [3.05, 3.63) is 35.8 Å². The van der Waals surface area contributed by atoms with Crippen molar-refractivity contribution in [2.45, 2.75) is 32.4 Å². The molecule has 0 aromatic rings. The van der Waals surface area contributed by atoms with E-state index in [-0.39, 0.29) is 12.0 Å². The first kappa shape index (κ1) is 14.4. The van der Waals surface area contributed by atoms with Crippen LogP contribution in [0.5, 0.6) is 0 Å². The first-order chi connectivity index (χ1) is 9.43. The van der Waals surface area contributed by atoms with Crippen molar-refractivity contribution in [3.63, 3.8) is 0 Å². The lowest BCUT2D eigenvalue weighted by Gasteiger charge is -2.26. The molecule has 2 rings (SSSR count).